The molecule has 3 nitrogen and oxygen atoms in total. The van der Waals surface area contributed by atoms with Crippen LogP contribution >= 0.6 is 0 Å². The molecular formula is C12H21NO2. The third-order valence-electron chi connectivity index (χ3n) is 4.10. The summed E-state index contributed by atoms with van der Waals surface area (Å²) in [6.07, 6.45) is 8.57. The van der Waals surface area contributed by atoms with Crippen molar-refractivity contribution < 1.29 is 9.47 Å². The molecule has 1 spiro atoms. The van der Waals surface area contributed by atoms with E-state index in [1.807, 2.05) is 0 Å². The highest BCUT2D eigenvalue weighted by atomic mass is 16.6. The van der Waals surface area contributed by atoms with E-state index in [0.29, 0.717) is 12.2 Å². The van der Waals surface area contributed by atoms with Crippen LogP contribution in [0.2, 0.25) is 0 Å². The molecule has 1 unspecified atom stereocenters. The summed E-state index contributed by atoms with van der Waals surface area (Å²) in [7, 11) is 0. The Bertz CT molecular complexity index is 224. The molecular weight excluding hydrogens is 190 g/mol. The van der Waals surface area contributed by atoms with Gasteiger partial charge in [-0.15, -0.1) is 0 Å². The number of hydrogen-bond acceptors (Lipinski definition) is 3. The Labute approximate surface area is 91.5 Å². The third kappa shape index (κ3) is 2.05. The zero-order valence-corrected chi connectivity index (χ0v) is 9.34. The van der Waals surface area contributed by atoms with E-state index >= 15 is 0 Å². The van der Waals surface area contributed by atoms with Crippen LogP contribution in [0.3, 0.4) is 0 Å². The number of hydrogen-bond donors (Lipinski definition) is 1. The lowest BCUT2D eigenvalue weighted by Crippen LogP contribution is -2.51. The van der Waals surface area contributed by atoms with Gasteiger partial charge in [0.2, 0.25) is 0 Å². The molecule has 2 saturated heterocycles. The normalized spacial score (nSPS) is 34.8. The fourth-order valence-corrected chi connectivity index (χ4v) is 2.80. The summed E-state index contributed by atoms with van der Waals surface area (Å²) >= 11 is 0. The smallest absolute Gasteiger partial charge is 0.0824 e. The fraction of sp³-hybridized carbons (Fsp3) is 1.00. The van der Waals surface area contributed by atoms with Crippen LogP contribution in [0.1, 0.15) is 38.5 Å². The highest BCUT2D eigenvalue weighted by Gasteiger charge is 2.42. The summed E-state index contributed by atoms with van der Waals surface area (Å²) in [4.78, 5) is 0. The summed E-state index contributed by atoms with van der Waals surface area (Å²) in [5.74, 6) is 0. The number of ether oxygens (including phenoxy) is 2. The lowest BCUT2D eigenvalue weighted by atomic mass is 9.74. The first kappa shape index (κ1) is 10.1. The standard InChI is InChI=1S/C12H21NO2/c1-3-10(9-14-11-7-13-8-11)15-12(4-1)5-2-6-12/h10-11,13H,1-9H2. The van der Waals surface area contributed by atoms with E-state index in [1.165, 1.54) is 38.5 Å². The first-order valence-corrected chi connectivity index (χ1v) is 6.36. The Balaban J connectivity index is 1.44. The van der Waals surface area contributed by atoms with E-state index in [9.17, 15) is 0 Å². The monoisotopic (exact) mass is 211 g/mol. The average molecular weight is 211 g/mol. The van der Waals surface area contributed by atoms with Gasteiger partial charge < -0.3 is 14.8 Å². The summed E-state index contributed by atoms with van der Waals surface area (Å²) in [6, 6.07) is 0. The minimum atomic E-state index is 0.282. The Morgan fingerprint density at radius 2 is 2.00 bits per heavy atom. The second-order valence-electron chi connectivity index (χ2n) is 5.28. The van der Waals surface area contributed by atoms with Gasteiger partial charge in [-0.05, 0) is 38.5 Å². The summed E-state index contributed by atoms with van der Waals surface area (Å²) in [5.41, 5.74) is 0.282. The molecule has 1 aliphatic carbocycles. The van der Waals surface area contributed by atoms with Gasteiger partial charge in [0, 0.05) is 13.1 Å². The highest BCUT2D eigenvalue weighted by Crippen LogP contribution is 2.44. The Hall–Kier alpha value is -0.120. The van der Waals surface area contributed by atoms with Gasteiger partial charge in [-0.1, -0.05) is 0 Å². The van der Waals surface area contributed by atoms with Crippen LogP contribution in [0.5, 0.6) is 0 Å². The van der Waals surface area contributed by atoms with Crippen molar-refractivity contribution in [2.45, 2.75) is 56.3 Å². The van der Waals surface area contributed by atoms with Crippen molar-refractivity contribution >= 4 is 0 Å². The quantitative estimate of drug-likeness (QED) is 0.766. The molecule has 0 aromatic rings. The second kappa shape index (κ2) is 4.04. The molecule has 0 aromatic heterocycles. The van der Waals surface area contributed by atoms with E-state index in [4.69, 9.17) is 9.47 Å². The SMILES string of the molecule is C1CC(COC2CNC2)OC2(C1)CCC2. The molecule has 2 heterocycles. The zero-order chi connectivity index (χ0) is 10.1. The lowest BCUT2D eigenvalue weighted by Gasteiger charge is -2.47. The molecule has 0 amide bonds. The van der Waals surface area contributed by atoms with Crippen LogP contribution in [0, 0.1) is 0 Å². The maximum Gasteiger partial charge on any atom is 0.0824 e. The Morgan fingerprint density at radius 1 is 1.20 bits per heavy atom. The summed E-state index contributed by atoms with van der Waals surface area (Å²) in [5, 5.41) is 3.22. The van der Waals surface area contributed by atoms with Crippen molar-refractivity contribution in [3.8, 4) is 0 Å². The minimum Gasteiger partial charge on any atom is -0.373 e. The molecule has 0 bridgehead atoms. The Morgan fingerprint density at radius 3 is 2.60 bits per heavy atom. The van der Waals surface area contributed by atoms with Crippen LogP contribution in [-0.4, -0.2) is 37.5 Å². The van der Waals surface area contributed by atoms with Gasteiger partial charge in [0.05, 0.1) is 24.4 Å². The Kier molecular flexibility index (Phi) is 2.71. The van der Waals surface area contributed by atoms with Gasteiger partial charge in [-0.2, -0.15) is 0 Å². The van der Waals surface area contributed by atoms with E-state index in [-0.39, 0.29) is 5.60 Å². The third-order valence-corrected chi connectivity index (χ3v) is 4.10. The number of nitrogens with one attached hydrogen (secondary N) is 1. The maximum atomic E-state index is 6.18. The second-order valence-corrected chi connectivity index (χ2v) is 5.28. The summed E-state index contributed by atoms with van der Waals surface area (Å²) in [6.45, 7) is 2.86. The molecule has 1 atom stereocenters. The van der Waals surface area contributed by atoms with Crippen molar-refractivity contribution in [1.82, 2.24) is 5.32 Å². The lowest BCUT2D eigenvalue weighted by molar-refractivity contribution is -0.190. The zero-order valence-electron chi connectivity index (χ0n) is 9.34. The summed E-state index contributed by atoms with van der Waals surface area (Å²) < 4.78 is 12.0. The van der Waals surface area contributed by atoms with Crippen molar-refractivity contribution in [3.05, 3.63) is 0 Å². The molecule has 3 aliphatic rings. The predicted octanol–water partition coefficient (Wildman–Crippen LogP) is 1.47. The van der Waals surface area contributed by atoms with Gasteiger partial charge in [0.25, 0.3) is 0 Å². The van der Waals surface area contributed by atoms with Gasteiger partial charge in [0.1, 0.15) is 0 Å². The van der Waals surface area contributed by atoms with Crippen LogP contribution in [0.25, 0.3) is 0 Å². The van der Waals surface area contributed by atoms with Crippen molar-refractivity contribution in [2.75, 3.05) is 19.7 Å². The van der Waals surface area contributed by atoms with Crippen molar-refractivity contribution in [2.24, 2.45) is 0 Å². The molecule has 15 heavy (non-hydrogen) atoms. The maximum absolute atomic E-state index is 6.18. The van der Waals surface area contributed by atoms with Crippen LogP contribution in [0.15, 0.2) is 0 Å². The fourth-order valence-electron chi connectivity index (χ4n) is 2.80. The topological polar surface area (TPSA) is 30.5 Å². The molecule has 3 fully saturated rings. The molecule has 86 valence electrons. The van der Waals surface area contributed by atoms with E-state index < -0.39 is 0 Å². The first-order chi connectivity index (χ1) is 7.36. The van der Waals surface area contributed by atoms with Crippen molar-refractivity contribution in [3.63, 3.8) is 0 Å². The van der Waals surface area contributed by atoms with Crippen LogP contribution in [-0.2, 0) is 9.47 Å². The molecule has 3 heteroatoms. The van der Waals surface area contributed by atoms with Gasteiger partial charge in [0.15, 0.2) is 0 Å². The van der Waals surface area contributed by atoms with E-state index in [2.05, 4.69) is 5.32 Å². The predicted molar refractivity (Wildman–Crippen MR) is 57.9 cm³/mol. The van der Waals surface area contributed by atoms with E-state index in [0.717, 1.165) is 19.7 Å². The van der Waals surface area contributed by atoms with Crippen LogP contribution < -0.4 is 5.32 Å². The first-order valence-electron chi connectivity index (χ1n) is 6.36. The van der Waals surface area contributed by atoms with Gasteiger partial charge in [-0.3, -0.25) is 0 Å². The van der Waals surface area contributed by atoms with Gasteiger partial charge in [-0.25, -0.2) is 0 Å². The van der Waals surface area contributed by atoms with Gasteiger partial charge >= 0.3 is 0 Å². The molecule has 1 N–H and O–H groups in total. The molecule has 3 rings (SSSR count). The highest BCUT2D eigenvalue weighted by molar-refractivity contribution is 4.93. The molecule has 2 aliphatic heterocycles. The minimum absolute atomic E-state index is 0.282. The number of rotatable bonds is 3. The average Bonchev–Trinajstić information content (AvgIpc) is 2.13. The molecule has 1 saturated carbocycles. The largest absolute Gasteiger partial charge is 0.373 e. The van der Waals surface area contributed by atoms with E-state index in [1.54, 1.807) is 0 Å². The molecule has 0 radical (unpaired) electrons. The van der Waals surface area contributed by atoms with Crippen LogP contribution in [0.4, 0.5) is 0 Å². The van der Waals surface area contributed by atoms with Crippen molar-refractivity contribution in [1.29, 1.82) is 0 Å². The molecule has 0 aromatic carbocycles.